The van der Waals surface area contributed by atoms with Crippen molar-refractivity contribution in [2.75, 3.05) is 0 Å². The van der Waals surface area contributed by atoms with Gasteiger partial charge in [-0.25, -0.2) is 0 Å². The summed E-state index contributed by atoms with van der Waals surface area (Å²) in [6, 6.07) is 0. The van der Waals surface area contributed by atoms with Gasteiger partial charge in [0.25, 0.3) is 0 Å². The number of rotatable bonds is 0. The molecule has 0 aromatic rings. The maximum absolute atomic E-state index is 2.00. The zero-order chi connectivity index (χ0) is 7.07. The fourth-order valence-corrected chi connectivity index (χ4v) is 0.642. The molecule has 0 saturated heterocycles. The first-order chi connectivity index (χ1) is 5.00. The fraction of sp³-hybridized carbons (Fsp3) is 0. The average Bonchev–Trinajstić information content (AvgIpc) is 2.67. The summed E-state index contributed by atoms with van der Waals surface area (Å²) in [6.45, 7) is 0. The third-order valence-electron chi connectivity index (χ3n) is 1.11. The summed E-state index contributed by atoms with van der Waals surface area (Å²) in [5.41, 5.74) is 0. The van der Waals surface area contributed by atoms with Crippen LogP contribution in [0.1, 0.15) is 0 Å². The SMILES string of the molecule is [CH]1[CH][CH][CH][CH]1.[CH]1[CH][CH][CH][CH]1.[MoH2]. The van der Waals surface area contributed by atoms with E-state index < -0.39 is 0 Å². The van der Waals surface area contributed by atoms with Gasteiger partial charge in [0.1, 0.15) is 0 Å². The molecule has 2 aliphatic rings. The molecule has 0 aromatic heterocycles. The van der Waals surface area contributed by atoms with Gasteiger partial charge >= 0.3 is 21.1 Å². The van der Waals surface area contributed by atoms with Crippen molar-refractivity contribution in [1.29, 1.82) is 0 Å². The molecule has 0 N–H and O–H groups in total. The van der Waals surface area contributed by atoms with Crippen LogP contribution in [0.5, 0.6) is 0 Å². The predicted octanol–water partition coefficient (Wildman–Crippen LogP) is 1.50. The van der Waals surface area contributed by atoms with E-state index in [0.29, 0.717) is 0 Å². The van der Waals surface area contributed by atoms with E-state index in [4.69, 9.17) is 0 Å². The Kier molecular flexibility index (Phi) is 9.33. The molecule has 58 valence electrons. The molecule has 0 atom stereocenters. The van der Waals surface area contributed by atoms with Crippen LogP contribution in [0.15, 0.2) is 0 Å². The molecule has 0 nitrogen and oxygen atoms in total. The molecule has 2 fully saturated rings. The van der Waals surface area contributed by atoms with E-state index >= 15 is 0 Å². The molecule has 0 heterocycles. The van der Waals surface area contributed by atoms with Crippen molar-refractivity contribution in [2.24, 2.45) is 0 Å². The van der Waals surface area contributed by atoms with Crippen LogP contribution in [-0.2, 0) is 21.1 Å². The first kappa shape index (κ1) is 11.7. The summed E-state index contributed by atoms with van der Waals surface area (Å²) in [6.07, 6.45) is 20.0. The quantitative estimate of drug-likeness (QED) is 0.551. The molecular formula is C10H12Mo. The molecule has 0 unspecified atom stereocenters. The molecule has 0 bridgehead atoms. The molecular weight excluding hydrogens is 216 g/mol. The maximum atomic E-state index is 2.00. The van der Waals surface area contributed by atoms with Crippen molar-refractivity contribution >= 4 is 0 Å². The summed E-state index contributed by atoms with van der Waals surface area (Å²) in [7, 11) is 0. The standard InChI is InChI=1S/2C5H5.Mo.2H/c2*1-2-4-5-3-1;;;/h2*1-5H;;;. The molecule has 0 aliphatic heterocycles. The topological polar surface area (TPSA) is 0 Å². The van der Waals surface area contributed by atoms with E-state index in [9.17, 15) is 0 Å². The molecule has 2 aliphatic carbocycles. The minimum absolute atomic E-state index is 0. The zero-order valence-corrected chi connectivity index (χ0v) is 8.73. The summed E-state index contributed by atoms with van der Waals surface area (Å²) in [4.78, 5) is 0. The minimum atomic E-state index is 0. The molecule has 0 aromatic carbocycles. The monoisotopic (exact) mass is 230 g/mol. The van der Waals surface area contributed by atoms with Crippen molar-refractivity contribution in [3.8, 4) is 0 Å². The van der Waals surface area contributed by atoms with Crippen molar-refractivity contribution < 1.29 is 21.1 Å². The molecule has 10 radical (unpaired) electrons. The van der Waals surface area contributed by atoms with E-state index in [1.165, 1.54) is 0 Å². The second kappa shape index (κ2) is 8.78. The third-order valence-corrected chi connectivity index (χ3v) is 1.11. The van der Waals surface area contributed by atoms with Crippen molar-refractivity contribution in [1.82, 2.24) is 0 Å². The van der Waals surface area contributed by atoms with Gasteiger partial charge in [-0.05, 0) is 64.2 Å². The Balaban J connectivity index is 0.000000167. The molecule has 1 heteroatoms. The van der Waals surface area contributed by atoms with Crippen LogP contribution >= 0.6 is 0 Å². The van der Waals surface area contributed by atoms with E-state index in [0.717, 1.165) is 0 Å². The van der Waals surface area contributed by atoms with Gasteiger partial charge in [-0.2, -0.15) is 0 Å². The Morgan fingerprint density at radius 2 is 0.364 bits per heavy atom. The number of hydrogen-bond acceptors (Lipinski definition) is 0. The van der Waals surface area contributed by atoms with Gasteiger partial charge in [0.15, 0.2) is 0 Å². The molecule has 11 heavy (non-hydrogen) atoms. The van der Waals surface area contributed by atoms with E-state index in [-0.39, 0.29) is 21.1 Å². The van der Waals surface area contributed by atoms with Crippen LogP contribution in [0.25, 0.3) is 0 Å². The van der Waals surface area contributed by atoms with Crippen LogP contribution in [0.2, 0.25) is 0 Å². The first-order valence-electron chi connectivity index (χ1n) is 3.33. The van der Waals surface area contributed by atoms with E-state index in [2.05, 4.69) is 0 Å². The van der Waals surface area contributed by atoms with Gasteiger partial charge in [-0.3, -0.25) is 0 Å². The molecule has 0 spiro atoms. The Morgan fingerprint density at radius 1 is 0.273 bits per heavy atom. The Labute approximate surface area is 85.4 Å². The van der Waals surface area contributed by atoms with Gasteiger partial charge in [-0.15, -0.1) is 0 Å². The second-order valence-electron chi connectivity index (χ2n) is 1.92. The zero-order valence-electron chi connectivity index (χ0n) is 6.27. The normalized spacial score (nSPS) is 21.8. The van der Waals surface area contributed by atoms with Crippen LogP contribution in [-0.4, -0.2) is 0 Å². The summed E-state index contributed by atoms with van der Waals surface area (Å²) < 4.78 is 0. The third kappa shape index (κ3) is 7.06. The van der Waals surface area contributed by atoms with Crippen LogP contribution in [0.4, 0.5) is 0 Å². The fourth-order valence-electron chi connectivity index (χ4n) is 0.642. The van der Waals surface area contributed by atoms with Gasteiger partial charge in [0.05, 0.1) is 0 Å². The van der Waals surface area contributed by atoms with Crippen molar-refractivity contribution in [3.63, 3.8) is 0 Å². The average molecular weight is 228 g/mol. The summed E-state index contributed by atoms with van der Waals surface area (Å²) in [5, 5.41) is 0. The van der Waals surface area contributed by atoms with Crippen molar-refractivity contribution in [3.05, 3.63) is 64.2 Å². The first-order valence-corrected chi connectivity index (χ1v) is 3.33. The van der Waals surface area contributed by atoms with Crippen LogP contribution in [0, 0.1) is 64.2 Å². The van der Waals surface area contributed by atoms with Gasteiger partial charge in [0, 0.05) is 0 Å². The van der Waals surface area contributed by atoms with Gasteiger partial charge < -0.3 is 0 Å². The molecule has 0 amide bonds. The summed E-state index contributed by atoms with van der Waals surface area (Å²) in [5.74, 6) is 0. The van der Waals surface area contributed by atoms with Gasteiger partial charge in [-0.1, -0.05) is 0 Å². The van der Waals surface area contributed by atoms with Crippen molar-refractivity contribution in [2.45, 2.75) is 0 Å². The van der Waals surface area contributed by atoms with E-state index in [1.54, 1.807) is 0 Å². The Hall–Kier alpha value is 0.688. The van der Waals surface area contributed by atoms with Gasteiger partial charge in [0.2, 0.25) is 0 Å². The Morgan fingerprint density at radius 3 is 0.455 bits per heavy atom. The molecule has 2 rings (SSSR count). The Bertz CT molecular complexity index is 38.1. The number of hydrogen-bond donors (Lipinski definition) is 0. The molecule has 2 saturated carbocycles. The second-order valence-corrected chi connectivity index (χ2v) is 1.92. The van der Waals surface area contributed by atoms with E-state index in [1.807, 2.05) is 64.2 Å². The van der Waals surface area contributed by atoms with Crippen LogP contribution < -0.4 is 0 Å². The predicted molar refractivity (Wildman–Crippen MR) is 45.8 cm³/mol. The summed E-state index contributed by atoms with van der Waals surface area (Å²) >= 11 is 0. The van der Waals surface area contributed by atoms with Crippen LogP contribution in [0.3, 0.4) is 0 Å².